The van der Waals surface area contributed by atoms with E-state index >= 15 is 0 Å². The molecule has 0 aliphatic rings. The Balaban J connectivity index is 4.00. The zero-order valence-electron chi connectivity index (χ0n) is 6.43. The summed E-state index contributed by atoms with van der Waals surface area (Å²) in [6.07, 6.45) is -5.45. The fraction of sp³-hybridized carbons (Fsp3) is 1.00. The van der Waals surface area contributed by atoms with Crippen molar-refractivity contribution < 1.29 is 21.6 Å². The minimum absolute atomic E-state index is 0.632. The van der Waals surface area contributed by atoms with Crippen LogP contribution in [0.2, 0.25) is 0 Å². The molecular weight excluding hydrogens is 195 g/mol. The maximum absolute atomic E-state index is 11.6. The Labute approximate surface area is 68.8 Å². The molecule has 0 saturated carbocycles. The number of hydrogen-bond acceptors (Lipinski definition) is 2. The summed E-state index contributed by atoms with van der Waals surface area (Å²) in [7, 11) is -3.80. The zero-order valence-corrected chi connectivity index (χ0v) is 7.24. The first kappa shape index (κ1) is 11.7. The molecule has 0 aliphatic heterocycles. The SMILES string of the molecule is CC(CC(F)(F)F)CS(N)(=O)=O. The molecule has 1 unspecified atom stereocenters. The lowest BCUT2D eigenvalue weighted by Crippen LogP contribution is -2.25. The topological polar surface area (TPSA) is 60.2 Å². The van der Waals surface area contributed by atoms with Gasteiger partial charge in [-0.2, -0.15) is 13.2 Å². The molecule has 0 aromatic rings. The third kappa shape index (κ3) is 7.80. The van der Waals surface area contributed by atoms with Crippen molar-refractivity contribution in [2.75, 3.05) is 5.75 Å². The second kappa shape index (κ2) is 3.61. The highest BCUT2D eigenvalue weighted by Crippen LogP contribution is 2.24. The van der Waals surface area contributed by atoms with E-state index in [9.17, 15) is 21.6 Å². The van der Waals surface area contributed by atoms with E-state index < -0.39 is 34.3 Å². The van der Waals surface area contributed by atoms with Crippen LogP contribution in [0.3, 0.4) is 0 Å². The summed E-state index contributed by atoms with van der Waals surface area (Å²) in [4.78, 5) is 0. The standard InChI is InChI=1S/C5H10F3NO2S/c1-4(2-5(6,7)8)3-12(9,10)11/h4H,2-3H2,1H3,(H2,9,10,11). The fourth-order valence-electron chi connectivity index (χ4n) is 0.851. The maximum Gasteiger partial charge on any atom is 0.389 e. The van der Waals surface area contributed by atoms with E-state index in [1.807, 2.05) is 0 Å². The lowest BCUT2D eigenvalue weighted by molar-refractivity contribution is -0.141. The van der Waals surface area contributed by atoms with Gasteiger partial charge in [-0.05, 0) is 5.92 Å². The highest BCUT2D eigenvalue weighted by Gasteiger charge is 2.31. The van der Waals surface area contributed by atoms with E-state index in [4.69, 9.17) is 0 Å². The van der Waals surface area contributed by atoms with Crippen LogP contribution in [-0.2, 0) is 10.0 Å². The lowest BCUT2D eigenvalue weighted by atomic mass is 10.1. The molecule has 0 aromatic carbocycles. The summed E-state index contributed by atoms with van der Waals surface area (Å²) in [5.74, 6) is -1.62. The van der Waals surface area contributed by atoms with Gasteiger partial charge in [-0.25, -0.2) is 13.6 Å². The molecule has 0 heterocycles. The predicted octanol–water partition coefficient (Wildman–Crippen LogP) is 0.863. The molecule has 0 aromatic heterocycles. The van der Waals surface area contributed by atoms with E-state index in [0.717, 1.165) is 0 Å². The Morgan fingerprint density at radius 2 is 1.83 bits per heavy atom. The van der Waals surface area contributed by atoms with Crippen LogP contribution in [0.4, 0.5) is 13.2 Å². The molecule has 0 aliphatic carbocycles. The molecule has 2 N–H and O–H groups in total. The van der Waals surface area contributed by atoms with Crippen molar-refractivity contribution in [3.63, 3.8) is 0 Å². The van der Waals surface area contributed by atoms with Crippen LogP contribution in [0, 0.1) is 5.92 Å². The zero-order chi connectivity index (χ0) is 9.99. The highest BCUT2D eigenvalue weighted by atomic mass is 32.2. The molecule has 0 saturated heterocycles. The smallest absolute Gasteiger partial charge is 0.229 e. The van der Waals surface area contributed by atoms with Gasteiger partial charge in [-0.1, -0.05) is 6.92 Å². The van der Waals surface area contributed by atoms with Crippen LogP contribution in [0.1, 0.15) is 13.3 Å². The van der Waals surface area contributed by atoms with E-state index in [1.54, 1.807) is 0 Å². The summed E-state index contributed by atoms with van der Waals surface area (Å²) in [5, 5.41) is 4.56. The van der Waals surface area contributed by atoms with Crippen LogP contribution >= 0.6 is 0 Å². The number of nitrogens with two attached hydrogens (primary N) is 1. The Morgan fingerprint density at radius 1 is 1.42 bits per heavy atom. The third-order valence-corrected chi connectivity index (χ3v) is 2.13. The summed E-state index contributed by atoms with van der Waals surface area (Å²) in [5.41, 5.74) is 0. The van der Waals surface area contributed by atoms with Gasteiger partial charge in [-0.15, -0.1) is 0 Å². The highest BCUT2D eigenvalue weighted by molar-refractivity contribution is 7.89. The van der Waals surface area contributed by atoms with Crippen LogP contribution in [0.25, 0.3) is 0 Å². The molecule has 74 valence electrons. The van der Waals surface area contributed by atoms with E-state index in [2.05, 4.69) is 5.14 Å². The first-order valence-corrected chi connectivity index (χ1v) is 4.89. The van der Waals surface area contributed by atoms with E-state index in [1.165, 1.54) is 6.92 Å². The Kier molecular flexibility index (Phi) is 3.52. The van der Waals surface area contributed by atoms with Gasteiger partial charge in [0.25, 0.3) is 0 Å². The monoisotopic (exact) mass is 205 g/mol. The van der Waals surface area contributed by atoms with E-state index in [-0.39, 0.29) is 0 Å². The average molecular weight is 205 g/mol. The first-order valence-electron chi connectivity index (χ1n) is 3.17. The van der Waals surface area contributed by atoms with Gasteiger partial charge in [0.15, 0.2) is 0 Å². The van der Waals surface area contributed by atoms with Gasteiger partial charge in [0.2, 0.25) is 10.0 Å². The van der Waals surface area contributed by atoms with Crippen LogP contribution in [0.15, 0.2) is 0 Å². The number of rotatable bonds is 3. The number of primary sulfonamides is 1. The van der Waals surface area contributed by atoms with Crippen molar-refractivity contribution in [3.8, 4) is 0 Å². The molecule has 0 bridgehead atoms. The van der Waals surface area contributed by atoms with Crippen molar-refractivity contribution >= 4 is 10.0 Å². The quantitative estimate of drug-likeness (QED) is 0.742. The van der Waals surface area contributed by atoms with Crippen LogP contribution in [-0.4, -0.2) is 20.3 Å². The average Bonchev–Trinajstić information content (AvgIpc) is 1.49. The second-order valence-corrected chi connectivity index (χ2v) is 4.41. The van der Waals surface area contributed by atoms with Gasteiger partial charge < -0.3 is 0 Å². The number of hydrogen-bond donors (Lipinski definition) is 1. The molecule has 12 heavy (non-hydrogen) atoms. The Bertz CT molecular complexity index is 234. The normalized spacial score (nSPS) is 16.1. The largest absolute Gasteiger partial charge is 0.389 e. The number of alkyl halides is 3. The van der Waals surface area contributed by atoms with Crippen molar-refractivity contribution in [2.45, 2.75) is 19.5 Å². The molecule has 3 nitrogen and oxygen atoms in total. The number of sulfonamides is 1. The van der Waals surface area contributed by atoms with E-state index in [0.29, 0.717) is 0 Å². The van der Waals surface area contributed by atoms with Crippen LogP contribution in [0.5, 0.6) is 0 Å². The fourth-order valence-corrected chi connectivity index (χ4v) is 1.76. The molecule has 0 rings (SSSR count). The minimum Gasteiger partial charge on any atom is -0.229 e. The van der Waals surface area contributed by atoms with Gasteiger partial charge in [0.05, 0.1) is 5.75 Å². The van der Waals surface area contributed by atoms with Crippen LogP contribution < -0.4 is 5.14 Å². The van der Waals surface area contributed by atoms with Gasteiger partial charge in [0, 0.05) is 6.42 Å². The molecule has 0 fully saturated rings. The third-order valence-electron chi connectivity index (χ3n) is 1.10. The molecule has 7 heteroatoms. The second-order valence-electron chi connectivity index (χ2n) is 2.75. The van der Waals surface area contributed by atoms with Gasteiger partial charge >= 0.3 is 6.18 Å². The maximum atomic E-state index is 11.6. The first-order chi connectivity index (χ1) is 5.10. The lowest BCUT2D eigenvalue weighted by Gasteiger charge is -2.11. The Hall–Kier alpha value is -0.300. The molecule has 0 amide bonds. The van der Waals surface area contributed by atoms with Gasteiger partial charge in [0.1, 0.15) is 0 Å². The van der Waals surface area contributed by atoms with Crippen molar-refractivity contribution in [1.82, 2.24) is 0 Å². The molecule has 0 radical (unpaired) electrons. The van der Waals surface area contributed by atoms with Crippen molar-refractivity contribution in [3.05, 3.63) is 0 Å². The summed E-state index contributed by atoms with van der Waals surface area (Å²) < 4.78 is 55.6. The minimum atomic E-state index is -4.33. The van der Waals surface area contributed by atoms with Crippen molar-refractivity contribution in [1.29, 1.82) is 0 Å². The summed E-state index contributed by atoms with van der Waals surface area (Å²) >= 11 is 0. The molecule has 0 spiro atoms. The molecular formula is C5H10F3NO2S. The molecule has 1 atom stereocenters. The summed E-state index contributed by atoms with van der Waals surface area (Å²) in [6.45, 7) is 1.19. The predicted molar refractivity (Wildman–Crippen MR) is 37.8 cm³/mol. The number of halogens is 3. The Morgan fingerprint density at radius 3 is 2.08 bits per heavy atom. The summed E-state index contributed by atoms with van der Waals surface area (Å²) in [6, 6.07) is 0. The van der Waals surface area contributed by atoms with Crippen molar-refractivity contribution in [2.24, 2.45) is 11.1 Å². The van der Waals surface area contributed by atoms with Gasteiger partial charge in [-0.3, -0.25) is 0 Å².